The van der Waals surface area contributed by atoms with Crippen LogP contribution < -0.4 is 0 Å². The molecule has 2 nitrogen and oxygen atoms in total. The minimum atomic E-state index is -0.414. The summed E-state index contributed by atoms with van der Waals surface area (Å²) < 4.78 is 5.13. The van der Waals surface area contributed by atoms with Crippen molar-refractivity contribution in [3.8, 4) is 0 Å². The Morgan fingerprint density at radius 3 is 2.53 bits per heavy atom. The van der Waals surface area contributed by atoms with E-state index in [4.69, 9.17) is 4.74 Å². The molecule has 0 saturated carbocycles. The van der Waals surface area contributed by atoms with E-state index in [1.807, 2.05) is 20.8 Å². The number of rotatable bonds is 6. The summed E-state index contributed by atoms with van der Waals surface area (Å²) in [6.45, 7) is 13.3. The summed E-state index contributed by atoms with van der Waals surface area (Å²) in [5.74, 6) is -0.182. The molecule has 0 aromatic heterocycles. The number of allylic oxidation sites excluding steroid dienone is 2. The average Bonchev–Trinajstić information content (AvgIpc) is 2.22. The number of carbonyl (C=O) groups is 1. The second-order valence-corrected chi connectivity index (χ2v) is 4.07. The molecule has 0 fully saturated rings. The average molecular weight is 208 g/mol. The molecule has 0 unspecified atom stereocenters. The number of carbonyl (C=O) groups excluding carboxylic acids is 1. The van der Waals surface area contributed by atoms with Crippen LogP contribution >= 0.6 is 0 Å². The molecule has 0 N–H and O–H groups in total. The summed E-state index contributed by atoms with van der Waals surface area (Å²) in [6, 6.07) is 0. The van der Waals surface area contributed by atoms with Crippen molar-refractivity contribution in [1.29, 1.82) is 0 Å². The Balaban J connectivity index is 4.07. The first-order valence-corrected chi connectivity index (χ1v) is 5.08. The lowest BCUT2D eigenvalue weighted by Gasteiger charge is -2.20. The Morgan fingerprint density at radius 1 is 1.47 bits per heavy atom. The maximum Gasteiger partial charge on any atom is 0.311 e. The molecule has 0 aromatic carbocycles. The summed E-state index contributed by atoms with van der Waals surface area (Å²) in [5, 5.41) is 0. The molecule has 0 radical (unpaired) electrons. The van der Waals surface area contributed by atoms with Crippen LogP contribution in [0.1, 0.15) is 27.2 Å². The third-order valence-electron chi connectivity index (χ3n) is 2.29. The highest BCUT2D eigenvalue weighted by Crippen LogP contribution is 2.21. The number of hydrogen-bond donors (Lipinski definition) is 0. The second-order valence-electron chi connectivity index (χ2n) is 4.07. The van der Waals surface area contributed by atoms with Crippen molar-refractivity contribution in [3.63, 3.8) is 0 Å². The van der Waals surface area contributed by atoms with Crippen LogP contribution in [0.4, 0.5) is 0 Å². The molecule has 0 rings (SSSR count). The molecule has 0 heterocycles. The largest absolute Gasteiger partial charge is 0.460 e. The number of ether oxygens (including phenoxy) is 1. The maximum atomic E-state index is 11.6. The van der Waals surface area contributed by atoms with E-state index in [1.54, 1.807) is 18.2 Å². The molecule has 0 saturated heterocycles. The van der Waals surface area contributed by atoms with E-state index in [2.05, 4.69) is 13.2 Å². The van der Waals surface area contributed by atoms with Crippen LogP contribution in [0.25, 0.3) is 0 Å². The first-order valence-electron chi connectivity index (χ1n) is 5.08. The van der Waals surface area contributed by atoms with Gasteiger partial charge in [-0.05, 0) is 25.8 Å². The zero-order valence-corrected chi connectivity index (χ0v) is 9.88. The summed E-state index contributed by atoms with van der Waals surface area (Å²) in [6.07, 6.45) is 5.96. The van der Waals surface area contributed by atoms with Crippen molar-refractivity contribution < 1.29 is 9.53 Å². The lowest BCUT2D eigenvalue weighted by Crippen LogP contribution is -2.26. The molecule has 0 aliphatic heterocycles. The summed E-state index contributed by atoms with van der Waals surface area (Å²) in [7, 11) is 0. The van der Waals surface area contributed by atoms with E-state index in [1.165, 1.54) is 0 Å². The van der Waals surface area contributed by atoms with Gasteiger partial charge in [0, 0.05) is 0 Å². The van der Waals surface area contributed by atoms with Crippen molar-refractivity contribution in [2.24, 2.45) is 5.41 Å². The van der Waals surface area contributed by atoms with Crippen LogP contribution in [0, 0.1) is 5.41 Å². The lowest BCUT2D eigenvalue weighted by atomic mass is 9.91. The van der Waals surface area contributed by atoms with Crippen LogP contribution in [0.5, 0.6) is 0 Å². The van der Waals surface area contributed by atoms with Gasteiger partial charge in [0.2, 0.25) is 0 Å². The van der Waals surface area contributed by atoms with Crippen molar-refractivity contribution in [3.05, 3.63) is 37.0 Å². The van der Waals surface area contributed by atoms with Crippen LogP contribution in [0.3, 0.4) is 0 Å². The fourth-order valence-corrected chi connectivity index (χ4v) is 0.750. The smallest absolute Gasteiger partial charge is 0.311 e. The molecular formula is C13H20O2. The Bertz CT molecular complexity index is 272. The highest BCUT2D eigenvalue weighted by Gasteiger charge is 2.26. The van der Waals surface area contributed by atoms with Gasteiger partial charge in [-0.3, -0.25) is 4.79 Å². The summed E-state index contributed by atoms with van der Waals surface area (Å²) >= 11 is 0. The molecule has 15 heavy (non-hydrogen) atoms. The predicted octanol–water partition coefficient (Wildman–Crippen LogP) is 3.26. The molecule has 84 valence electrons. The molecule has 0 amide bonds. The first kappa shape index (κ1) is 13.7. The third-order valence-corrected chi connectivity index (χ3v) is 2.29. The van der Waals surface area contributed by atoms with Gasteiger partial charge in [-0.25, -0.2) is 0 Å². The minimum Gasteiger partial charge on any atom is -0.460 e. The third kappa shape index (κ3) is 5.21. The van der Waals surface area contributed by atoms with Gasteiger partial charge < -0.3 is 4.74 Å². The van der Waals surface area contributed by atoms with E-state index in [9.17, 15) is 4.79 Å². The molecule has 0 bridgehead atoms. The van der Waals surface area contributed by atoms with Crippen molar-refractivity contribution in [2.75, 3.05) is 6.61 Å². The Labute approximate surface area is 92.3 Å². The van der Waals surface area contributed by atoms with E-state index in [-0.39, 0.29) is 12.6 Å². The molecule has 2 heteroatoms. The van der Waals surface area contributed by atoms with Gasteiger partial charge in [-0.2, -0.15) is 0 Å². The molecule has 0 aliphatic carbocycles. The van der Waals surface area contributed by atoms with E-state index in [0.717, 1.165) is 12.0 Å². The van der Waals surface area contributed by atoms with E-state index >= 15 is 0 Å². The SMILES string of the molecule is C=C/C=C\C(=C)COC(=O)C(C)(C)CC. The fourth-order valence-electron chi connectivity index (χ4n) is 0.750. The van der Waals surface area contributed by atoms with Gasteiger partial charge >= 0.3 is 5.97 Å². The highest BCUT2D eigenvalue weighted by atomic mass is 16.5. The van der Waals surface area contributed by atoms with Gasteiger partial charge in [0.05, 0.1) is 5.41 Å². The van der Waals surface area contributed by atoms with Gasteiger partial charge in [0.25, 0.3) is 0 Å². The summed E-state index contributed by atoms with van der Waals surface area (Å²) in [5.41, 5.74) is 0.345. The van der Waals surface area contributed by atoms with Crippen LogP contribution in [-0.2, 0) is 9.53 Å². The minimum absolute atomic E-state index is 0.182. The molecule has 0 aliphatic rings. The Kier molecular flexibility index (Phi) is 5.68. The Hall–Kier alpha value is -1.31. The van der Waals surface area contributed by atoms with Crippen molar-refractivity contribution in [2.45, 2.75) is 27.2 Å². The number of esters is 1. The van der Waals surface area contributed by atoms with E-state index in [0.29, 0.717) is 0 Å². The highest BCUT2D eigenvalue weighted by molar-refractivity contribution is 5.75. The van der Waals surface area contributed by atoms with Crippen molar-refractivity contribution >= 4 is 5.97 Å². The zero-order chi connectivity index (χ0) is 11.9. The molecule has 0 atom stereocenters. The van der Waals surface area contributed by atoms with Crippen LogP contribution in [0.2, 0.25) is 0 Å². The zero-order valence-electron chi connectivity index (χ0n) is 9.88. The lowest BCUT2D eigenvalue weighted by molar-refractivity contribution is -0.152. The van der Waals surface area contributed by atoms with Crippen molar-refractivity contribution in [1.82, 2.24) is 0 Å². The second kappa shape index (κ2) is 6.23. The van der Waals surface area contributed by atoms with E-state index < -0.39 is 5.41 Å². The Morgan fingerprint density at radius 2 is 2.07 bits per heavy atom. The standard InChI is InChI=1S/C13H20O2/c1-6-8-9-11(3)10-15-12(14)13(4,5)7-2/h6,8-9H,1,3,7,10H2,2,4-5H3/b9-8-. The molecule has 0 aromatic rings. The molecular weight excluding hydrogens is 188 g/mol. The monoisotopic (exact) mass is 208 g/mol. The van der Waals surface area contributed by atoms with Crippen LogP contribution in [0.15, 0.2) is 37.0 Å². The fraction of sp³-hybridized carbons (Fsp3) is 0.462. The van der Waals surface area contributed by atoms with Gasteiger partial charge in [0.15, 0.2) is 0 Å². The van der Waals surface area contributed by atoms with Crippen LogP contribution in [-0.4, -0.2) is 12.6 Å². The normalized spacial score (nSPS) is 11.4. The number of hydrogen-bond acceptors (Lipinski definition) is 2. The van der Waals surface area contributed by atoms with Gasteiger partial charge in [-0.1, -0.05) is 38.3 Å². The quantitative estimate of drug-likeness (QED) is 0.494. The first-order chi connectivity index (χ1) is 6.94. The summed E-state index contributed by atoms with van der Waals surface area (Å²) in [4.78, 5) is 11.6. The topological polar surface area (TPSA) is 26.3 Å². The van der Waals surface area contributed by atoms with Gasteiger partial charge in [0.1, 0.15) is 6.61 Å². The maximum absolute atomic E-state index is 11.6. The molecule has 0 spiro atoms. The van der Waals surface area contributed by atoms with Gasteiger partial charge in [-0.15, -0.1) is 0 Å². The predicted molar refractivity (Wildman–Crippen MR) is 63.5 cm³/mol.